The van der Waals surface area contributed by atoms with Gasteiger partial charge in [-0.3, -0.25) is 0 Å². The first-order valence-corrected chi connectivity index (χ1v) is 7.17. The molecule has 0 aromatic heterocycles. The molecule has 0 radical (unpaired) electrons. The van der Waals surface area contributed by atoms with Crippen molar-refractivity contribution < 1.29 is 18.3 Å². The summed E-state index contributed by atoms with van der Waals surface area (Å²) in [4.78, 5) is 1.19. The number of halogens is 3. The van der Waals surface area contributed by atoms with Crippen LogP contribution in [-0.4, -0.2) is 37.5 Å². The number of hydrogen-bond donors (Lipinski definition) is 2. The SMILES string of the molecule is CCNC(CC)c1ccccc1N(CCO)CC(F)(F)F. The van der Waals surface area contributed by atoms with Crippen molar-refractivity contribution >= 4 is 5.69 Å². The van der Waals surface area contributed by atoms with Crippen molar-refractivity contribution in [2.45, 2.75) is 32.5 Å². The average molecular weight is 304 g/mol. The number of aliphatic hydroxyl groups excluding tert-OH is 1. The number of anilines is 1. The second-order valence-corrected chi connectivity index (χ2v) is 4.84. The van der Waals surface area contributed by atoms with Gasteiger partial charge in [0.25, 0.3) is 0 Å². The molecule has 1 aromatic rings. The summed E-state index contributed by atoms with van der Waals surface area (Å²) in [6.07, 6.45) is -3.52. The molecule has 0 saturated carbocycles. The molecule has 0 aliphatic heterocycles. The molecule has 120 valence electrons. The van der Waals surface area contributed by atoms with Crippen LogP contribution in [0.25, 0.3) is 0 Å². The van der Waals surface area contributed by atoms with Crippen molar-refractivity contribution in [3.63, 3.8) is 0 Å². The fourth-order valence-corrected chi connectivity index (χ4v) is 2.41. The molecule has 3 nitrogen and oxygen atoms in total. The average Bonchev–Trinajstić information content (AvgIpc) is 2.43. The molecule has 1 aromatic carbocycles. The Bertz CT molecular complexity index is 424. The van der Waals surface area contributed by atoms with E-state index in [4.69, 9.17) is 5.11 Å². The van der Waals surface area contributed by atoms with E-state index in [-0.39, 0.29) is 19.2 Å². The molecule has 0 fully saturated rings. The van der Waals surface area contributed by atoms with Gasteiger partial charge in [0.2, 0.25) is 0 Å². The van der Waals surface area contributed by atoms with E-state index in [1.807, 2.05) is 26.0 Å². The van der Waals surface area contributed by atoms with Crippen LogP contribution < -0.4 is 10.2 Å². The second-order valence-electron chi connectivity index (χ2n) is 4.84. The van der Waals surface area contributed by atoms with E-state index in [1.165, 1.54) is 4.90 Å². The molecule has 21 heavy (non-hydrogen) atoms. The standard InChI is InChI=1S/C15H23F3N2O/c1-3-13(19-4-2)12-7-5-6-8-14(12)20(9-10-21)11-15(16,17)18/h5-8,13,19,21H,3-4,9-11H2,1-2H3. The van der Waals surface area contributed by atoms with E-state index in [1.54, 1.807) is 12.1 Å². The van der Waals surface area contributed by atoms with Gasteiger partial charge in [-0.25, -0.2) is 0 Å². The monoisotopic (exact) mass is 304 g/mol. The summed E-state index contributed by atoms with van der Waals surface area (Å²) in [6, 6.07) is 7.06. The lowest BCUT2D eigenvalue weighted by Gasteiger charge is -2.30. The lowest BCUT2D eigenvalue weighted by molar-refractivity contribution is -0.119. The van der Waals surface area contributed by atoms with Crippen LogP contribution in [0.1, 0.15) is 31.9 Å². The fraction of sp³-hybridized carbons (Fsp3) is 0.600. The van der Waals surface area contributed by atoms with Crippen LogP contribution in [0.5, 0.6) is 0 Å². The van der Waals surface area contributed by atoms with Crippen molar-refractivity contribution in [3.05, 3.63) is 29.8 Å². The third-order valence-electron chi connectivity index (χ3n) is 3.25. The van der Waals surface area contributed by atoms with Crippen molar-refractivity contribution in [2.75, 3.05) is 31.1 Å². The van der Waals surface area contributed by atoms with E-state index < -0.39 is 12.7 Å². The molecular weight excluding hydrogens is 281 g/mol. The summed E-state index contributed by atoms with van der Waals surface area (Å²) >= 11 is 0. The van der Waals surface area contributed by atoms with Crippen molar-refractivity contribution in [2.24, 2.45) is 0 Å². The highest BCUT2D eigenvalue weighted by atomic mass is 19.4. The van der Waals surface area contributed by atoms with Gasteiger partial charge in [-0.05, 0) is 24.6 Å². The number of nitrogens with one attached hydrogen (secondary N) is 1. The minimum atomic E-state index is -4.30. The summed E-state index contributed by atoms with van der Waals surface area (Å²) in [6.45, 7) is 3.28. The van der Waals surface area contributed by atoms with Gasteiger partial charge < -0.3 is 15.3 Å². The van der Waals surface area contributed by atoms with Gasteiger partial charge in [0.05, 0.1) is 6.61 Å². The largest absolute Gasteiger partial charge is 0.405 e. The van der Waals surface area contributed by atoms with Gasteiger partial charge >= 0.3 is 6.18 Å². The van der Waals surface area contributed by atoms with E-state index >= 15 is 0 Å². The van der Waals surface area contributed by atoms with E-state index in [2.05, 4.69) is 5.32 Å². The quantitative estimate of drug-likeness (QED) is 0.774. The van der Waals surface area contributed by atoms with Crippen LogP contribution in [0.2, 0.25) is 0 Å². The first-order valence-electron chi connectivity index (χ1n) is 7.17. The Morgan fingerprint density at radius 3 is 2.43 bits per heavy atom. The molecule has 0 saturated heterocycles. The Morgan fingerprint density at radius 2 is 1.90 bits per heavy atom. The molecule has 0 aliphatic carbocycles. The first kappa shape index (κ1) is 17.8. The van der Waals surface area contributed by atoms with Gasteiger partial charge in [-0.1, -0.05) is 32.0 Å². The zero-order valence-electron chi connectivity index (χ0n) is 12.5. The number of benzene rings is 1. The smallest absolute Gasteiger partial charge is 0.395 e. The van der Waals surface area contributed by atoms with E-state index in [0.29, 0.717) is 5.69 Å². The molecule has 1 atom stereocenters. The van der Waals surface area contributed by atoms with Gasteiger partial charge in [0.1, 0.15) is 6.54 Å². The summed E-state index contributed by atoms with van der Waals surface area (Å²) in [5.41, 5.74) is 1.36. The summed E-state index contributed by atoms with van der Waals surface area (Å²) in [7, 11) is 0. The Hall–Kier alpha value is -1.27. The molecule has 1 rings (SSSR count). The highest BCUT2D eigenvalue weighted by Gasteiger charge is 2.31. The Kier molecular flexibility index (Phi) is 6.98. The van der Waals surface area contributed by atoms with Gasteiger partial charge in [0.15, 0.2) is 0 Å². The maximum atomic E-state index is 12.7. The first-order chi connectivity index (χ1) is 9.92. The predicted molar refractivity (Wildman–Crippen MR) is 78.5 cm³/mol. The molecule has 0 heterocycles. The van der Waals surface area contributed by atoms with Crippen LogP contribution in [0.4, 0.5) is 18.9 Å². The van der Waals surface area contributed by atoms with E-state index in [9.17, 15) is 13.2 Å². The normalized spacial score (nSPS) is 13.2. The van der Waals surface area contributed by atoms with Crippen molar-refractivity contribution in [1.29, 1.82) is 0 Å². The van der Waals surface area contributed by atoms with Gasteiger partial charge in [-0.15, -0.1) is 0 Å². The summed E-state index contributed by atoms with van der Waals surface area (Å²) in [5, 5.41) is 12.3. The minimum Gasteiger partial charge on any atom is -0.395 e. The van der Waals surface area contributed by atoms with Crippen LogP contribution >= 0.6 is 0 Å². The highest BCUT2D eigenvalue weighted by molar-refractivity contribution is 5.55. The number of rotatable bonds is 8. The molecule has 6 heteroatoms. The second kappa shape index (κ2) is 8.24. The minimum absolute atomic E-state index is 0.000580. The molecule has 0 amide bonds. The molecule has 2 N–H and O–H groups in total. The maximum Gasteiger partial charge on any atom is 0.405 e. The number of aliphatic hydroxyl groups is 1. The lowest BCUT2D eigenvalue weighted by atomic mass is 10.0. The number of hydrogen-bond acceptors (Lipinski definition) is 3. The number of nitrogens with zero attached hydrogens (tertiary/aromatic N) is 1. The third kappa shape index (κ3) is 5.55. The predicted octanol–water partition coefficient (Wildman–Crippen LogP) is 3.11. The zero-order chi connectivity index (χ0) is 15.9. The molecule has 0 spiro atoms. The summed E-state index contributed by atoms with van der Waals surface area (Å²) < 4.78 is 38.2. The third-order valence-corrected chi connectivity index (χ3v) is 3.25. The Balaban J connectivity index is 3.12. The topological polar surface area (TPSA) is 35.5 Å². The van der Waals surface area contributed by atoms with Crippen LogP contribution in [0.15, 0.2) is 24.3 Å². The molecule has 0 bridgehead atoms. The molecular formula is C15H23F3N2O. The van der Waals surface area contributed by atoms with Gasteiger partial charge in [-0.2, -0.15) is 13.2 Å². The number of alkyl halides is 3. The number of para-hydroxylation sites is 1. The maximum absolute atomic E-state index is 12.7. The van der Waals surface area contributed by atoms with Crippen LogP contribution in [0, 0.1) is 0 Å². The van der Waals surface area contributed by atoms with Crippen LogP contribution in [-0.2, 0) is 0 Å². The van der Waals surface area contributed by atoms with Crippen LogP contribution in [0.3, 0.4) is 0 Å². The van der Waals surface area contributed by atoms with Gasteiger partial charge in [0, 0.05) is 18.3 Å². The zero-order valence-corrected chi connectivity index (χ0v) is 12.5. The summed E-state index contributed by atoms with van der Waals surface area (Å²) in [5.74, 6) is 0. The highest BCUT2D eigenvalue weighted by Crippen LogP contribution is 2.30. The van der Waals surface area contributed by atoms with Crippen molar-refractivity contribution in [3.8, 4) is 0 Å². The Labute approximate surface area is 123 Å². The van der Waals surface area contributed by atoms with Crippen molar-refractivity contribution in [1.82, 2.24) is 5.32 Å². The molecule has 1 unspecified atom stereocenters. The fourth-order valence-electron chi connectivity index (χ4n) is 2.41. The Morgan fingerprint density at radius 1 is 1.24 bits per heavy atom. The van der Waals surface area contributed by atoms with E-state index in [0.717, 1.165) is 18.5 Å². The lowest BCUT2D eigenvalue weighted by Crippen LogP contribution is -2.37. The molecule has 0 aliphatic rings.